The zero-order valence-corrected chi connectivity index (χ0v) is 17.3. The van der Waals surface area contributed by atoms with Crippen LogP contribution in [0.4, 0.5) is 0 Å². The molecule has 0 spiro atoms. The fourth-order valence-electron chi connectivity index (χ4n) is 1.91. The Labute approximate surface area is 142 Å². The molecule has 0 radical (unpaired) electrons. The molecule has 8 heteroatoms. The normalized spacial score (nSPS) is 16.1. The van der Waals surface area contributed by atoms with Gasteiger partial charge >= 0.3 is 0 Å². The summed E-state index contributed by atoms with van der Waals surface area (Å²) in [5.74, 6) is -0.285. The molecule has 0 heterocycles. The van der Waals surface area contributed by atoms with E-state index in [4.69, 9.17) is 14.3 Å². The SMILES string of the molecule is C[C@H](CCCOS(C)(=O)=O)[C@H](CC(N)=O)O[Si](C)(C)C(C)(C)C. The first-order valence-electron chi connectivity index (χ1n) is 7.96. The van der Waals surface area contributed by atoms with Crippen LogP contribution >= 0.6 is 0 Å². The van der Waals surface area contributed by atoms with E-state index in [0.29, 0.717) is 12.8 Å². The molecule has 0 aliphatic heterocycles. The minimum Gasteiger partial charge on any atom is -0.413 e. The Morgan fingerprint density at radius 1 is 1.26 bits per heavy atom. The van der Waals surface area contributed by atoms with Gasteiger partial charge in [0.15, 0.2) is 8.32 Å². The van der Waals surface area contributed by atoms with E-state index in [1.165, 1.54) is 0 Å². The molecule has 0 aliphatic carbocycles. The lowest BCUT2D eigenvalue weighted by atomic mass is 9.97. The highest BCUT2D eigenvalue weighted by Crippen LogP contribution is 2.38. The van der Waals surface area contributed by atoms with Crippen LogP contribution in [-0.2, 0) is 23.5 Å². The predicted molar refractivity (Wildman–Crippen MR) is 95.1 cm³/mol. The van der Waals surface area contributed by atoms with Crippen molar-refractivity contribution in [3.8, 4) is 0 Å². The van der Waals surface area contributed by atoms with Crippen LogP contribution in [0.3, 0.4) is 0 Å². The number of hydrogen-bond acceptors (Lipinski definition) is 5. The lowest BCUT2D eigenvalue weighted by Crippen LogP contribution is -2.46. The summed E-state index contributed by atoms with van der Waals surface area (Å²) in [7, 11) is -5.42. The molecule has 0 aliphatic rings. The summed E-state index contributed by atoms with van der Waals surface area (Å²) >= 11 is 0. The molecule has 2 atom stereocenters. The summed E-state index contributed by atoms with van der Waals surface area (Å²) in [5.41, 5.74) is 5.36. The summed E-state index contributed by atoms with van der Waals surface area (Å²) in [4.78, 5) is 11.4. The molecule has 0 saturated carbocycles. The van der Waals surface area contributed by atoms with Crippen molar-refractivity contribution >= 4 is 24.3 Å². The van der Waals surface area contributed by atoms with Gasteiger partial charge in [0.1, 0.15) is 0 Å². The van der Waals surface area contributed by atoms with Gasteiger partial charge < -0.3 is 10.2 Å². The lowest BCUT2D eigenvalue weighted by Gasteiger charge is -2.40. The highest BCUT2D eigenvalue weighted by Gasteiger charge is 2.40. The van der Waals surface area contributed by atoms with Gasteiger partial charge in [0, 0.05) is 0 Å². The van der Waals surface area contributed by atoms with Crippen LogP contribution in [0.5, 0.6) is 0 Å². The molecular weight excluding hydrogens is 334 g/mol. The molecule has 0 rings (SSSR count). The number of amides is 1. The van der Waals surface area contributed by atoms with Gasteiger partial charge in [-0.15, -0.1) is 0 Å². The Bertz CT molecular complexity index is 485. The van der Waals surface area contributed by atoms with Gasteiger partial charge in [0.25, 0.3) is 10.1 Å². The van der Waals surface area contributed by atoms with E-state index in [9.17, 15) is 13.2 Å². The molecule has 0 bridgehead atoms. The van der Waals surface area contributed by atoms with E-state index in [1.54, 1.807) is 0 Å². The highest BCUT2D eigenvalue weighted by molar-refractivity contribution is 7.85. The zero-order chi connectivity index (χ0) is 18.5. The van der Waals surface area contributed by atoms with Crippen LogP contribution in [0, 0.1) is 5.92 Å². The average Bonchev–Trinajstić information content (AvgIpc) is 2.30. The minimum absolute atomic E-state index is 0.0437. The van der Waals surface area contributed by atoms with Gasteiger partial charge in [-0.05, 0) is 36.9 Å². The molecule has 1 amide bonds. The Morgan fingerprint density at radius 2 is 1.78 bits per heavy atom. The quantitative estimate of drug-likeness (QED) is 0.364. The molecule has 23 heavy (non-hydrogen) atoms. The van der Waals surface area contributed by atoms with E-state index in [1.807, 2.05) is 6.92 Å². The van der Waals surface area contributed by atoms with E-state index >= 15 is 0 Å². The highest BCUT2D eigenvalue weighted by atomic mass is 32.2. The van der Waals surface area contributed by atoms with Crippen molar-refractivity contribution < 1.29 is 21.8 Å². The van der Waals surface area contributed by atoms with Crippen LogP contribution < -0.4 is 5.73 Å². The Morgan fingerprint density at radius 3 is 2.17 bits per heavy atom. The summed E-state index contributed by atoms with van der Waals surface area (Å²) in [5, 5.41) is 0.0437. The average molecular weight is 368 g/mol. The lowest BCUT2D eigenvalue weighted by molar-refractivity contribution is -0.120. The van der Waals surface area contributed by atoms with E-state index in [0.717, 1.165) is 6.26 Å². The molecule has 0 aromatic rings. The largest absolute Gasteiger partial charge is 0.413 e. The summed E-state index contributed by atoms with van der Waals surface area (Å²) in [6.07, 6.45) is 2.27. The number of nitrogens with two attached hydrogens (primary N) is 1. The topological polar surface area (TPSA) is 95.7 Å². The molecule has 0 aromatic heterocycles. The number of primary amides is 1. The van der Waals surface area contributed by atoms with Crippen molar-refractivity contribution in [2.45, 2.75) is 71.2 Å². The van der Waals surface area contributed by atoms with Crippen molar-refractivity contribution in [1.29, 1.82) is 0 Å². The summed E-state index contributed by atoms with van der Waals surface area (Å²) in [6.45, 7) is 12.9. The Balaban J connectivity index is 4.74. The molecule has 138 valence electrons. The number of hydrogen-bond donors (Lipinski definition) is 1. The minimum atomic E-state index is -3.41. The third kappa shape index (κ3) is 9.44. The fourth-order valence-corrected chi connectivity index (χ4v) is 3.76. The third-order valence-corrected chi connectivity index (χ3v) is 9.49. The second kappa shape index (κ2) is 8.59. The Hall–Kier alpha value is -0.443. The summed E-state index contributed by atoms with van der Waals surface area (Å²) < 4.78 is 33.0. The van der Waals surface area contributed by atoms with Gasteiger partial charge in [-0.1, -0.05) is 27.7 Å². The predicted octanol–water partition coefficient (Wildman–Crippen LogP) is 2.64. The summed E-state index contributed by atoms with van der Waals surface area (Å²) in [6, 6.07) is 0. The van der Waals surface area contributed by atoms with Gasteiger partial charge in [-0.25, -0.2) is 0 Å². The first-order chi connectivity index (χ1) is 10.2. The van der Waals surface area contributed by atoms with Crippen LogP contribution in [0.1, 0.15) is 47.0 Å². The van der Waals surface area contributed by atoms with E-state index in [2.05, 4.69) is 33.9 Å². The second-order valence-electron chi connectivity index (χ2n) is 7.73. The van der Waals surface area contributed by atoms with Gasteiger partial charge in [0.2, 0.25) is 5.91 Å². The second-order valence-corrected chi connectivity index (χ2v) is 14.1. The monoisotopic (exact) mass is 367 g/mol. The fraction of sp³-hybridized carbons (Fsp3) is 0.933. The molecule has 0 fully saturated rings. The zero-order valence-electron chi connectivity index (χ0n) is 15.5. The first-order valence-corrected chi connectivity index (χ1v) is 12.7. The van der Waals surface area contributed by atoms with Crippen LogP contribution in [0.25, 0.3) is 0 Å². The standard InChI is InChI=1S/C15H33NO5SSi/c1-12(9-8-10-20-22(5,18)19)13(11-14(16)17)21-23(6,7)15(2,3)4/h12-13H,8-11H2,1-7H3,(H2,16,17)/t12-,13+/m1/s1. The third-order valence-electron chi connectivity index (χ3n) is 4.39. The van der Waals surface area contributed by atoms with Gasteiger partial charge in [0.05, 0.1) is 25.4 Å². The molecular formula is C15H33NO5SSi. The van der Waals surface area contributed by atoms with Crippen LogP contribution in [0.2, 0.25) is 18.1 Å². The van der Waals surface area contributed by atoms with Crippen molar-refractivity contribution in [3.05, 3.63) is 0 Å². The maximum absolute atomic E-state index is 11.4. The molecule has 0 unspecified atom stereocenters. The van der Waals surface area contributed by atoms with E-state index < -0.39 is 18.4 Å². The van der Waals surface area contributed by atoms with Crippen molar-refractivity contribution in [2.75, 3.05) is 12.9 Å². The molecule has 6 nitrogen and oxygen atoms in total. The maximum atomic E-state index is 11.4. The maximum Gasteiger partial charge on any atom is 0.264 e. The van der Waals surface area contributed by atoms with Crippen LogP contribution in [-0.4, -0.2) is 41.6 Å². The molecule has 0 saturated heterocycles. The van der Waals surface area contributed by atoms with Gasteiger partial charge in [-0.2, -0.15) is 8.42 Å². The Kier molecular flexibility index (Phi) is 8.43. The van der Waals surface area contributed by atoms with Crippen molar-refractivity contribution in [2.24, 2.45) is 11.7 Å². The van der Waals surface area contributed by atoms with Crippen molar-refractivity contribution in [1.82, 2.24) is 0 Å². The first kappa shape index (κ1) is 22.6. The smallest absolute Gasteiger partial charge is 0.264 e. The number of rotatable bonds is 10. The van der Waals surface area contributed by atoms with Crippen molar-refractivity contribution in [3.63, 3.8) is 0 Å². The molecule has 2 N–H and O–H groups in total. The number of carbonyl (C=O) groups excluding carboxylic acids is 1. The number of carbonyl (C=O) groups is 1. The van der Waals surface area contributed by atoms with E-state index in [-0.39, 0.29) is 36.0 Å². The van der Waals surface area contributed by atoms with Gasteiger partial charge in [-0.3, -0.25) is 8.98 Å². The van der Waals surface area contributed by atoms with Crippen LogP contribution in [0.15, 0.2) is 0 Å². The molecule has 0 aromatic carbocycles.